The minimum absolute atomic E-state index is 0.0241. The van der Waals surface area contributed by atoms with Crippen molar-refractivity contribution in [3.8, 4) is 0 Å². The van der Waals surface area contributed by atoms with Crippen LogP contribution in [0.25, 0.3) is 0 Å². The highest BCUT2D eigenvalue weighted by Crippen LogP contribution is 2.32. The van der Waals surface area contributed by atoms with Gasteiger partial charge in [-0.25, -0.2) is 15.0 Å². The van der Waals surface area contributed by atoms with E-state index < -0.39 is 0 Å². The zero-order valence-corrected chi connectivity index (χ0v) is 15.0. The lowest BCUT2D eigenvalue weighted by Crippen LogP contribution is -2.37. The lowest BCUT2D eigenvalue weighted by Gasteiger charge is -2.26. The maximum atomic E-state index is 12.5. The summed E-state index contributed by atoms with van der Waals surface area (Å²) in [6.07, 6.45) is 3.69. The fraction of sp³-hybridized carbons (Fsp3) is 0.500. The average molecular weight is 346 g/mol. The lowest BCUT2D eigenvalue weighted by atomic mass is 10.1. The van der Waals surface area contributed by atoms with Gasteiger partial charge in [-0.3, -0.25) is 4.79 Å². The average Bonchev–Trinajstić information content (AvgIpc) is 3.16. The monoisotopic (exact) mass is 346 g/mol. The van der Waals surface area contributed by atoms with E-state index in [9.17, 15) is 4.79 Å². The Hall–Kier alpha value is -2.06. The number of nitrogens with zero attached hydrogens (tertiary/aromatic N) is 5. The highest BCUT2D eigenvalue weighted by molar-refractivity contribution is 7.13. The van der Waals surface area contributed by atoms with Gasteiger partial charge in [0.05, 0.1) is 18.3 Å². The Bertz CT molecular complexity index is 703. The van der Waals surface area contributed by atoms with E-state index in [4.69, 9.17) is 0 Å². The third-order valence-corrected chi connectivity index (χ3v) is 4.58. The molecule has 1 saturated heterocycles. The largest absolute Gasteiger partial charge is 0.333 e. The molecule has 7 nitrogen and oxygen atoms in total. The van der Waals surface area contributed by atoms with Gasteiger partial charge in [0.15, 0.2) is 5.13 Å². The van der Waals surface area contributed by atoms with Crippen molar-refractivity contribution >= 4 is 28.2 Å². The predicted octanol–water partition coefficient (Wildman–Crippen LogP) is 2.21. The number of anilines is 2. The van der Waals surface area contributed by atoms with Crippen LogP contribution in [0.5, 0.6) is 0 Å². The van der Waals surface area contributed by atoms with Gasteiger partial charge in [-0.05, 0) is 33.9 Å². The minimum atomic E-state index is 0.0241. The molecule has 1 amide bonds. The molecule has 1 fully saturated rings. The summed E-state index contributed by atoms with van der Waals surface area (Å²) in [6.45, 7) is 3.08. The van der Waals surface area contributed by atoms with Crippen LogP contribution in [-0.4, -0.2) is 57.8 Å². The molecule has 0 unspecified atom stereocenters. The van der Waals surface area contributed by atoms with Crippen LogP contribution in [0.15, 0.2) is 17.6 Å². The van der Waals surface area contributed by atoms with Crippen LogP contribution in [0.4, 0.5) is 10.9 Å². The van der Waals surface area contributed by atoms with E-state index >= 15 is 0 Å². The minimum Gasteiger partial charge on any atom is -0.333 e. The molecule has 1 atom stereocenters. The van der Waals surface area contributed by atoms with Crippen molar-refractivity contribution in [2.75, 3.05) is 32.5 Å². The number of aryl methyl sites for hydroxylation is 1. The Balaban J connectivity index is 1.82. The van der Waals surface area contributed by atoms with Crippen molar-refractivity contribution in [3.05, 3.63) is 29.2 Å². The molecule has 0 spiro atoms. The number of hydrogen-bond donors (Lipinski definition) is 1. The fourth-order valence-electron chi connectivity index (χ4n) is 2.95. The highest BCUT2D eigenvalue weighted by atomic mass is 32.1. The SMILES string of the molecule is Cc1nc(Nc2nccs2)cc([C@@H]2CCCN2C(=O)CN(C)C)n1. The fourth-order valence-corrected chi connectivity index (χ4v) is 3.49. The molecule has 3 heterocycles. The van der Waals surface area contributed by atoms with Gasteiger partial charge < -0.3 is 15.1 Å². The molecule has 0 radical (unpaired) electrons. The molecule has 0 saturated carbocycles. The van der Waals surface area contributed by atoms with E-state index in [0.717, 1.165) is 36.0 Å². The topological polar surface area (TPSA) is 74.2 Å². The summed E-state index contributed by atoms with van der Waals surface area (Å²) >= 11 is 1.52. The number of rotatable bonds is 5. The van der Waals surface area contributed by atoms with Crippen LogP contribution in [0.1, 0.15) is 30.4 Å². The highest BCUT2D eigenvalue weighted by Gasteiger charge is 2.31. The quantitative estimate of drug-likeness (QED) is 0.895. The summed E-state index contributed by atoms with van der Waals surface area (Å²) in [7, 11) is 3.82. The van der Waals surface area contributed by atoms with Crippen molar-refractivity contribution in [1.29, 1.82) is 0 Å². The van der Waals surface area contributed by atoms with Crippen molar-refractivity contribution in [1.82, 2.24) is 24.8 Å². The number of thiazole rings is 1. The molecule has 1 N–H and O–H groups in total. The van der Waals surface area contributed by atoms with Crippen molar-refractivity contribution in [3.63, 3.8) is 0 Å². The first kappa shape index (κ1) is 16.8. The molecule has 2 aromatic rings. The zero-order valence-electron chi connectivity index (χ0n) is 14.2. The molecular formula is C16H22N6OS. The molecular weight excluding hydrogens is 324 g/mol. The number of likely N-dealkylation sites (N-methyl/N-ethyl adjacent to an activating group) is 1. The van der Waals surface area contributed by atoms with Gasteiger partial charge in [-0.2, -0.15) is 0 Å². The second kappa shape index (κ2) is 7.23. The van der Waals surface area contributed by atoms with Gasteiger partial charge in [0, 0.05) is 24.2 Å². The van der Waals surface area contributed by atoms with Gasteiger partial charge in [0.1, 0.15) is 11.6 Å². The van der Waals surface area contributed by atoms with Gasteiger partial charge in [0.25, 0.3) is 0 Å². The van der Waals surface area contributed by atoms with Crippen molar-refractivity contribution in [2.45, 2.75) is 25.8 Å². The summed E-state index contributed by atoms with van der Waals surface area (Å²) in [6, 6.07) is 1.95. The Kier molecular flexibility index (Phi) is 5.06. The molecule has 24 heavy (non-hydrogen) atoms. The Labute approximate surface area is 145 Å². The molecule has 0 bridgehead atoms. The molecule has 128 valence electrons. The van der Waals surface area contributed by atoms with Crippen LogP contribution >= 0.6 is 11.3 Å². The number of amides is 1. The first-order valence-electron chi connectivity index (χ1n) is 7.99. The summed E-state index contributed by atoms with van der Waals surface area (Å²) in [5.74, 6) is 1.56. The van der Waals surface area contributed by atoms with Crippen molar-refractivity contribution < 1.29 is 4.79 Å². The van der Waals surface area contributed by atoms with Crippen LogP contribution in [0, 0.1) is 6.92 Å². The number of hydrogen-bond acceptors (Lipinski definition) is 7. The van der Waals surface area contributed by atoms with Crippen LogP contribution < -0.4 is 5.32 Å². The molecule has 3 rings (SSSR count). The number of nitrogens with one attached hydrogen (secondary N) is 1. The number of carbonyl (C=O) groups excluding carboxylic acids is 1. The summed E-state index contributed by atoms with van der Waals surface area (Å²) in [5, 5.41) is 5.92. The first-order valence-corrected chi connectivity index (χ1v) is 8.87. The third kappa shape index (κ3) is 3.88. The molecule has 8 heteroatoms. The van der Waals surface area contributed by atoms with Crippen LogP contribution in [0.2, 0.25) is 0 Å². The van der Waals surface area contributed by atoms with E-state index in [2.05, 4.69) is 20.3 Å². The van der Waals surface area contributed by atoms with E-state index in [1.165, 1.54) is 11.3 Å². The van der Waals surface area contributed by atoms with E-state index in [-0.39, 0.29) is 11.9 Å². The number of carbonyl (C=O) groups is 1. The van der Waals surface area contributed by atoms with Gasteiger partial charge >= 0.3 is 0 Å². The second-order valence-electron chi connectivity index (χ2n) is 6.17. The van der Waals surface area contributed by atoms with E-state index in [1.807, 2.05) is 42.3 Å². The summed E-state index contributed by atoms with van der Waals surface area (Å²) in [4.78, 5) is 29.6. The second-order valence-corrected chi connectivity index (χ2v) is 7.07. The first-order chi connectivity index (χ1) is 11.5. The Morgan fingerprint density at radius 3 is 3.00 bits per heavy atom. The smallest absolute Gasteiger partial charge is 0.237 e. The molecule has 0 aliphatic carbocycles. The summed E-state index contributed by atoms with van der Waals surface area (Å²) in [5.41, 5.74) is 0.895. The molecule has 2 aromatic heterocycles. The number of aromatic nitrogens is 3. The Morgan fingerprint density at radius 1 is 1.46 bits per heavy atom. The van der Waals surface area contributed by atoms with Gasteiger partial charge in [-0.1, -0.05) is 0 Å². The molecule has 1 aliphatic heterocycles. The van der Waals surface area contributed by atoms with Crippen molar-refractivity contribution in [2.24, 2.45) is 0 Å². The summed E-state index contributed by atoms with van der Waals surface area (Å²) < 4.78 is 0. The van der Waals surface area contributed by atoms with Crippen LogP contribution in [0.3, 0.4) is 0 Å². The molecule has 0 aromatic carbocycles. The normalized spacial score (nSPS) is 17.5. The van der Waals surface area contributed by atoms with Gasteiger partial charge in [-0.15, -0.1) is 11.3 Å². The predicted molar refractivity (Wildman–Crippen MR) is 94.4 cm³/mol. The number of likely N-dealkylation sites (tertiary alicyclic amines) is 1. The Morgan fingerprint density at radius 2 is 2.29 bits per heavy atom. The zero-order chi connectivity index (χ0) is 17.1. The van der Waals surface area contributed by atoms with E-state index in [0.29, 0.717) is 12.4 Å². The maximum absolute atomic E-state index is 12.5. The third-order valence-electron chi connectivity index (χ3n) is 3.89. The van der Waals surface area contributed by atoms with E-state index in [1.54, 1.807) is 6.20 Å². The lowest BCUT2D eigenvalue weighted by molar-refractivity contribution is -0.132. The van der Waals surface area contributed by atoms with Gasteiger partial charge in [0.2, 0.25) is 5.91 Å². The standard InChI is InChI=1S/C16H22N6OS/c1-11-18-12(9-14(19-11)20-16-17-6-8-24-16)13-5-4-7-22(13)15(23)10-21(2)3/h6,8-9,13H,4-5,7,10H2,1-3H3,(H,17,18,19,20)/t13-/m0/s1. The van der Waals surface area contributed by atoms with Crippen LogP contribution in [-0.2, 0) is 4.79 Å². The maximum Gasteiger partial charge on any atom is 0.237 e. The molecule has 1 aliphatic rings.